The monoisotopic (exact) mass is 447 g/mol. The van der Waals surface area contributed by atoms with Gasteiger partial charge in [0.2, 0.25) is 0 Å². The number of nitrogens with one attached hydrogen (secondary N) is 2. The van der Waals surface area contributed by atoms with Crippen molar-refractivity contribution in [1.29, 1.82) is 0 Å². The Morgan fingerprint density at radius 3 is 2.82 bits per heavy atom. The number of carbonyl (C=O) groups excluding carboxylic acids is 1. The zero-order chi connectivity index (χ0) is 23.8. The summed E-state index contributed by atoms with van der Waals surface area (Å²) in [4.78, 5) is 15.4. The molecular weight excluding hydrogens is 414 g/mol. The Morgan fingerprint density at radius 2 is 2.18 bits per heavy atom. The highest BCUT2D eigenvalue weighted by Crippen LogP contribution is 2.49. The van der Waals surface area contributed by atoms with E-state index in [2.05, 4.69) is 48.1 Å². The van der Waals surface area contributed by atoms with E-state index < -0.39 is 5.91 Å². The quantitative estimate of drug-likeness (QED) is 0.214. The summed E-state index contributed by atoms with van der Waals surface area (Å²) in [5, 5.41) is 16.3. The van der Waals surface area contributed by atoms with E-state index in [1.54, 1.807) is 23.9 Å². The summed E-state index contributed by atoms with van der Waals surface area (Å²) >= 11 is 0. The van der Waals surface area contributed by atoms with Crippen LogP contribution in [0.3, 0.4) is 0 Å². The molecule has 2 heterocycles. The number of aromatic nitrogens is 3. The second-order valence-corrected chi connectivity index (χ2v) is 8.89. The molecule has 0 aromatic carbocycles. The molecule has 3 N–H and O–H groups in total. The van der Waals surface area contributed by atoms with Gasteiger partial charge in [0.25, 0.3) is 5.91 Å². The van der Waals surface area contributed by atoms with Crippen molar-refractivity contribution in [2.45, 2.75) is 32.7 Å². The average molecular weight is 448 g/mol. The van der Waals surface area contributed by atoms with E-state index >= 15 is 0 Å². The van der Waals surface area contributed by atoms with Gasteiger partial charge >= 0.3 is 0 Å². The molecule has 3 atom stereocenters. The largest absolute Gasteiger partial charge is 0.380 e. The summed E-state index contributed by atoms with van der Waals surface area (Å²) in [5.41, 5.74) is 5.42. The number of allylic oxidation sites excluding steroid dienone is 2. The molecule has 2 aromatic heterocycles. The first-order valence-electron chi connectivity index (χ1n) is 11.1. The van der Waals surface area contributed by atoms with Crippen LogP contribution in [0.1, 0.15) is 31.9 Å². The standard InChI is InChI=1S/C26H33N5O2/c1-5-26(4)12-11-21(15-24(26)20(3)18-31-14-6-13-29-31)19(2)16-27-23-8-7-22(28-17-23)9-10-25(32)30-33/h5-10,13-14,17,21,24,27,33H,1-3,11-12,15-16,18H2,4H3,(H,30,32)/b10-9+/t21-,24+,26-/m1/s1. The zero-order valence-corrected chi connectivity index (χ0v) is 19.2. The Balaban J connectivity index is 1.58. The van der Waals surface area contributed by atoms with Crippen LogP contribution in [0.5, 0.6) is 0 Å². The summed E-state index contributed by atoms with van der Waals surface area (Å²) in [7, 11) is 0. The van der Waals surface area contributed by atoms with E-state index in [9.17, 15) is 4.79 Å². The average Bonchev–Trinajstić information content (AvgIpc) is 3.34. The smallest absolute Gasteiger partial charge is 0.267 e. The number of nitrogens with zero attached hydrogens (tertiary/aromatic N) is 3. The van der Waals surface area contributed by atoms with Crippen molar-refractivity contribution >= 4 is 17.7 Å². The molecule has 7 heteroatoms. The molecule has 174 valence electrons. The number of anilines is 1. The van der Waals surface area contributed by atoms with Crippen LogP contribution in [0, 0.1) is 17.3 Å². The summed E-state index contributed by atoms with van der Waals surface area (Å²) in [6, 6.07) is 5.64. The first-order chi connectivity index (χ1) is 15.8. The molecule has 1 fully saturated rings. The molecule has 0 aliphatic heterocycles. The number of hydrogen-bond acceptors (Lipinski definition) is 5. The molecule has 7 nitrogen and oxygen atoms in total. The van der Waals surface area contributed by atoms with Crippen molar-refractivity contribution in [3.8, 4) is 0 Å². The molecule has 1 aliphatic carbocycles. The van der Waals surface area contributed by atoms with Crippen LogP contribution in [0.2, 0.25) is 0 Å². The third-order valence-corrected chi connectivity index (χ3v) is 6.63. The first-order valence-corrected chi connectivity index (χ1v) is 11.1. The molecule has 2 aromatic rings. The highest BCUT2D eigenvalue weighted by atomic mass is 16.5. The topological polar surface area (TPSA) is 92.1 Å². The normalized spacial score (nSPS) is 22.6. The van der Waals surface area contributed by atoms with E-state index in [-0.39, 0.29) is 5.41 Å². The highest BCUT2D eigenvalue weighted by Gasteiger charge is 2.39. The van der Waals surface area contributed by atoms with Gasteiger partial charge in [-0.3, -0.25) is 19.7 Å². The van der Waals surface area contributed by atoms with Crippen LogP contribution in [-0.4, -0.2) is 32.4 Å². The fourth-order valence-corrected chi connectivity index (χ4v) is 4.46. The molecule has 0 unspecified atom stereocenters. The van der Waals surface area contributed by atoms with Gasteiger partial charge in [0.05, 0.1) is 24.1 Å². The number of amides is 1. The van der Waals surface area contributed by atoms with Crippen molar-refractivity contribution in [1.82, 2.24) is 20.2 Å². The lowest BCUT2D eigenvalue weighted by Gasteiger charge is -2.44. The lowest BCUT2D eigenvalue weighted by Crippen LogP contribution is -2.36. The summed E-state index contributed by atoms with van der Waals surface area (Å²) in [6.45, 7) is 16.6. The van der Waals surface area contributed by atoms with Gasteiger partial charge in [0.15, 0.2) is 0 Å². The van der Waals surface area contributed by atoms with E-state index in [0.29, 0.717) is 30.6 Å². The highest BCUT2D eigenvalue weighted by molar-refractivity contribution is 5.90. The number of hydrogen-bond donors (Lipinski definition) is 3. The predicted molar refractivity (Wildman–Crippen MR) is 131 cm³/mol. The van der Waals surface area contributed by atoms with E-state index in [1.165, 1.54) is 23.3 Å². The lowest BCUT2D eigenvalue weighted by atomic mass is 9.61. The number of hydroxylamine groups is 1. The second kappa shape index (κ2) is 10.9. The van der Waals surface area contributed by atoms with Gasteiger partial charge in [-0.05, 0) is 60.8 Å². The molecule has 0 spiro atoms. The van der Waals surface area contributed by atoms with Crippen molar-refractivity contribution in [2.75, 3.05) is 11.9 Å². The minimum Gasteiger partial charge on any atom is -0.380 e. The van der Waals surface area contributed by atoms with Crippen molar-refractivity contribution < 1.29 is 10.0 Å². The molecule has 3 rings (SSSR count). The Labute approximate surface area is 195 Å². The van der Waals surface area contributed by atoms with Crippen LogP contribution in [-0.2, 0) is 11.3 Å². The number of pyridine rings is 1. The summed E-state index contributed by atoms with van der Waals surface area (Å²) in [6.07, 6.45) is 13.4. The number of rotatable bonds is 10. The Bertz CT molecular complexity index is 1010. The van der Waals surface area contributed by atoms with Crippen LogP contribution in [0.15, 0.2) is 79.8 Å². The molecule has 0 radical (unpaired) electrons. The van der Waals surface area contributed by atoms with E-state index in [1.807, 2.05) is 23.0 Å². The maximum Gasteiger partial charge on any atom is 0.267 e. The Morgan fingerprint density at radius 1 is 1.36 bits per heavy atom. The van der Waals surface area contributed by atoms with Crippen molar-refractivity contribution in [2.24, 2.45) is 17.3 Å². The van der Waals surface area contributed by atoms with Crippen LogP contribution in [0.4, 0.5) is 5.69 Å². The third kappa shape index (κ3) is 6.29. The fourth-order valence-electron chi connectivity index (χ4n) is 4.46. The molecule has 1 saturated carbocycles. The van der Waals surface area contributed by atoms with E-state index in [4.69, 9.17) is 5.21 Å². The van der Waals surface area contributed by atoms with Crippen LogP contribution < -0.4 is 10.8 Å². The molecule has 1 amide bonds. The third-order valence-electron chi connectivity index (χ3n) is 6.63. The summed E-state index contributed by atoms with van der Waals surface area (Å²) in [5.74, 6) is 0.122. The molecule has 33 heavy (non-hydrogen) atoms. The van der Waals surface area contributed by atoms with Gasteiger partial charge in [-0.15, -0.1) is 6.58 Å². The summed E-state index contributed by atoms with van der Waals surface area (Å²) < 4.78 is 1.92. The van der Waals surface area contributed by atoms with Gasteiger partial charge in [-0.25, -0.2) is 5.48 Å². The van der Waals surface area contributed by atoms with Crippen LogP contribution >= 0.6 is 0 Å². The zero-order valence-electron chi connectivity index (χ0n) is 19.2. The lowest BCUT2D eigenvalue weighted by molar-refractivity contribution is -0.124. The minimum atomic E-state index is -0.596. The molecule has 1 aliphatic rings. The SMILES string of the molecule is C=C[C@]1(C)CC[C@@H](C(=C)CNc2ccc(/C=C/C(=O)NO)nc2)C[C@H]1C(=C)Cn1cccn1. The Kier molecular flexibility index (Phi) is 8.01. The fraction of sp³-hybridized carbons (Fsp3) is 0.346. The molecular formula is C26H33N5O2. The molecule has 0 bridgehead atoms. The van der Waals surface area contributed by atoms with Gasteiger partial charge in [0, 0.05) is 25.0 Å². The van der Waals surface area contributed by atoms with Gasteiger partial charge < -0.3 is 5.32 Å². The first kappa shape index (κ1) is 24.2. The second-order valence-electron chi connectivity index (χ2n) is 8.89. The van der Waals surface area contributed by atoms with E-state index in [0.717, 1.165) is 24.9 Å². The van der Waals surface area contributed by atoms with Crippen molar-refractivity contribution in [3.63, 3.8) is 0 Å². The maximum absolute atomic E-state index is 11.1. The van der Waals surface area contributed by atoms with Gasteiger partial charge in [0.1, 0.15) is 0 Å². The van der Waals surface area contributed by atoms with Crippen molar-refractivity contribution in [3.05, 3.63) is 85.5 Å². The van der Waals surface area contributed by atoms with Gasteiger partial charge in [-0.2, -0.15) is 5.10 Å². The minimum absolute atomic E-state index is 0.0225. The Hall–Kier alpha value is -3.45. The molecule has 0 saturated heterocycles. The number of carbonyl (C=O) groups is 1. The van der Waals surface area contributed by atoms with Crippen LogP contribution in [0.25, 0.3) is 6.08 Å². The van der Waals surface area contributed by atoms with Gasteiger partial charge in [-0.1, -0.05) is 37.3 Å². The maximum atomic E-state index is 11.1. The predicted octanol–water partition coefficient (Wildman–Crippen LogP) is 4.63.